The second kappa shape index (κ2) is 7.97. The molecule has 0 aliphatic carbocycles. The van der Waals surface area contributed by atoms with Crippen LogP contribution in [0.4, 0.5) is 0 Å². The third kappa shape index (κ3) is 5.29. The largest absolute Gasteiger partial charge is 0.356 e. The van der Waals surface area contributed by atoms with E-state index in [1.807, 2.05) is 0 Å². The Morgan fingerprint density at radius 3 is 2.24 bits per heavy atom. The molecule has 0 saturated carbocycles. The fourth-order valence-electron chi connectivity index (χ4n) is 1.92. The van der Waals surface area contributed by atoms with Crippen LogP contribution in [-0.2, 0) is 9.47 Å². The van der Waals surface area contributed by atoms with Crippen molar-refractivity contribution in [3.8, 4) is 0 Å². The quantitative estimate of drug-likeness (QED) is 0.566. The highest BCUT2D eigenvalue weighted by molar-refractivity contribution is 4.72. The Morgan fingerprint density at radius 2 is 1.76 bits per heavy atom. The van der Waals surface area contributed by atoms with Crippen molar-refractivity contribution in [2.45, 2.75) is 18.8 Å². The first-order chi connectivity index (χ1) is 8.19. The first-order valence-corrected chi connectivity index (χ1v) is 6.15. The molecule has 1 aliphatic heterocycles. The molecule has 0 aromatic rings. The Morgan fingerprint density at radius 1 is 1.18 bits per heavy atom. The lowest BCUT2D eigenvalue weighted by atomic mass is 10.2. The Hall–Kier alpha value is -0.240. The highest BCUT2D eigenvalue weighted by Crippen LogP contribution is 2.04. The number of hydrogen-bond acceptors (Lipinski definition) is 6. The van der Waals surface area contributed by atoms with E-state index in [2.05, 4.69) is 22.4 Å². The van der Waals surface area contributed by atoms with Gasteiger partial charge in [0.2, 0.25) is 0 Å². The summed E-state index contributed by atoms with van der Waals surface area (Å²) in [5, 5.41) is 2.24. The summed E-state index contributed by atoms with van der Waals surface area (Å²) in [7, 11) is 5.44. The second-order valence-electron chi connectivity index (χ2n) is 4.49. The number of hydrogen-bond donors (Lipinski definition) is 2. The van der Waals surface area contributed by atoms with Gasteiger partial charge in [-0.05, 0) is 7.05 Å². The average Bonchev–Trinajstić information content (AvgIpc) is 2.37. The van der Waals surface area contributed by atoms with Gasteiger partial charge in [-0.15, -0.1) is 0 Å². The Labute approximate surface area is 104 Å². The molecule has 1 saturated heterocycles. The molecule has 0 bridgehead atoms. The molecule has 17 heavy (non-hydrogen) atoms. The number of piperazine rings is 1. The van der Waals surface area contributed by atoms with Crippen molar-refractivity contribution < 1.29 is 9.47 Å². The number of ether oxygens (including phenoxy) is 2. The van der Waals surface area contributed by atoms with Gasteiger partial charge in [0.05, 0.1) is 0 Å². The lowest BCUT2D eigenvalue weighted by Gasteiger charge is -2.35. The molecule has 6 nitrogen and oxygen atoms in total. The molecule has 1 atom stereocenters. The van der Waals surface area contributed by atoms with Gasteiger partial charge >= 0.3 is 0 Å². The summed E-state index contributed by atoms with van der Waals surface area (Å²) < 4.78 is 10.4. The number of hydrazine groups is 1. The van der Waals surface area contributed by atoms with E-state index in [0.29, 0.717) is 6.54 Å². The standard InChI is InChI=1S/C11H26N4O2/c1-14-4-6-15(7-5-14)13-10(9-12)8-11(16-2)17-3/h10-11,13H,4-9,12H2,1-3H3. The smallest absolute Gasteiger partial charge is 0.158 e. The van der Waals surface area contributed by atoms with E-state index in [-0.39, 0.29) is 12.3 Å². The molecule has 0 aromatic carbocycles. The molecule has 1 heterocycles. The first kappa shape index (κ1) is 14.8. The third-order valence-electron chi connectivity index (χ3n) is 3.16. The van der Waals surface area contributed by atoms with E-state index in [4.69, 9.17) is 15.2 Å². The molecule has 102 valence electrons. The van der Waals surface area contributed by atoms with Crippen LogP contribution in [0.3, 0.4) is 0 Å². The van der Waals surface area contributed by atoms with Crippen LogP contribution < -0.4 is 11.2 Å². The third-order valence-corrected chi connectivity index (χ3v) is 3.16. The van der Waals surface area contributed by atoms with Crippen molar-refractivity contribution in [2.24, 2.45) is 5.73 Å². The lowest BCUT2D eigenvalue weighted by molar-refractivity contribution is -0.113. The van der Waals surface area contributed by atoms with E-state index < -0.39 is 0 Å². The summed E-state index contributed by atoms with van der Waals surface area (Å²) >= 11 is 0. The zero-order valence-corrected chi connectivity index (χ0v) is 11.2. The van der Waals surface area contributed by atoms with Crippen LogP contribution in [0.1, 0.15) is 6.42 Å². The summed E-state index contributed by atoms with van der Waals surface area (Å²) in [4.78, 5) is 2.32. The maximum atomic E-state index is 5.76. The van der Waals surface area contributed by atoms with Crippen molar-refractivity contribution in [1.82, 2.24) is 15.3 Å². The van der Waals surface area contributed by atoms with Crippen LogP contribution in [0.25, 0.3) is 0 Å². The average molecular weight is 246 g/mol. The van der Waals surface area contributed by atoms with Crippen LogP contribution in [0, 0.1) is 0 Å². The summed E-state index contributed by atoms with van der Waals surface area (Å²) in [6.45, 7) is 4.80. The summed E-state index contributed by atoms with van der Waals surface area (Å²) in [5.41, 5.74) is 9.21. The summed E-state index contributed by atoms with van der Waals surface area (Å²) in [6.07, 6.45) is 0.569. The Balaban J connectivity index is 2.30. The van der Waals surface area contributed by atoms with E-state index >= 15 is 0 Å². The second-order valence-corrected chi connectivity index (χ2v) is 4.49. The van der Waals surface area contributed by atoms with Crippen molar-refractivity contribution in [2.75, 3.05) is 54.0 Å². The van der Waals surface area contributed by atoms with E-state index in [1.54, 1.807) is 14.2 Å². The molecule has 1 unspecified atom stereocenters. The van der Waals surface area contributed by atoms with Crippen LogP contribution in [0.15, 0.2) is 0 Å². The molecule has 1 aliphatic rings. The minimum atomic E-state index is -0.191. The van der Waals surface area contributed by atoms with Crippen molar-refractivity contribution in [1.29, 1.82) is 0 Å². The summed E-state index contributed by atoms with van der Waals surface area (Å²) in [6, 6.07) is 0.198. The number of methoxy groups -OCH3 is 2. The minimum Gasteiger partial charge on any atom is -0.356 e. The molecule has 6 heteroatoms. The summed E-state index contributed by atoms with van der Waals surface area (Å²) in [5.74, 6) is 0. The van der Waals surface area contributed by atoms with Gasteiger partial charge in [0.1, 0.15) is 0 Å². The Kier molecular flexibility index (Phi) is 6.94. The number of nitrogens with zero attached hydrogens (tertiary/aromatic N) is 2. The van der Waals surface area contributed by atoms with Crippen molar-refractivity contribution in [3.05, 3.63) is 0 Å². The van der Waals surface area contributed by atoms with Crippen LogP contribution in [0.5, 0.6) is 0 Å². The number of nitrogens with two attached hydrogens (primary N) is 1. The van der Waals surface area contributed by atoms with Crippen molar-refractivity contribution in [3.63, 3.8) is 0 Å². The number of nitrogens with one attached hydrogen (secondary N) is 1. The molecular formula is C11H26N4O2. The van der Waals surface area contributed by atoms with Crippen LogP contribution >= 0.6 is 0 Å². The number of rotatable bonds is 7. The fourth-order valence-corrected chi connectivity index (χ4v) is 1.92. The van der Waals surface area contributed by atoms with Gasteiger partial charge in [0, 0.05) is 59.4 Å². The first-order valence-electron chi connectivity index (χ1n) is 6.15. The highest BCUT2D eigenvalue weighted by atomic mass is 16.7. The Bertz CT molecular complexity index is 194. The van der Waals surface area contributed by atoms with E-state index in [1.165, 1.54) is 0 Å². The molecular weight excluding hydrogens is 220 g/mol. The highest BCUT2D eigenvalue weighted by Gasteiger charge is 2.19. The van der Waals surface area contributed by atoms with Gasteiger partial charge in [0.25, 0.3) is 0 Å². The molecule has 0 spiro atoms. The van der Waals surface area contributed by atoms with Gasteiger partial charge in [-0.2, -0.15) is 0 Å². The van der Waals surface area contributed by atoms with E-state index in [9.17, 15) is 0 Å². The van der Waals surface area contributed by atoms with Gasteiger partial charge < -0.3 is 20.1 Å². The SMILES string of the molecule is COC(CC(CN)NN1CCN(C)CC1)OC. The van der Waals surface area contributed by atoms with Gasteiger partial charge in [-0.1, -0.05) is 0 Å². The van der Waals surface area contributed by atoms with Gasteiger partial charge in [0.15, 0.2) is 6.29 Å². The maximum absolute atomic E-state index is 5.76. The topological polar surface area (TPSA) is 63.0 Å². The van der Waals surface area contributed by atoms with Crippen molar-refractivity contribution >= 4 is 0 Å². The maximum Gasteiger partial charge on any atom is 0.158 e. The fraction of sp³-hybridized carbons (Fsp3) is 1.00. The van der Waals surface area contributed by atoms with Gasteiger partial charge in [-0.25, -0.2) is 5.01 Å². The predicted octanol–water partition coefficient (Wildman–Crippen LogP) is -0.925. The number of likely N-dealkylation sites (N-methyl/N-ethyl adjacent to an activating group) is 1. The normalized spacial score (nSPS) is 21.0. The lowest BCUT2D eigenvalue weighted by Crippen LogP contribution is -2.56. The molecule has 1 fully saturated rings. The molecule has 1 rings (SSSR count). The van der Waals surface area contributed by atoms with E-state index in [0.717, 1.165) is 32.6 Å². The van der Waals surface area contributed by atoms with Gasteiger partial charge in [-0.3, -0.25) is 5.43 Å². The monoisotopic (exact) mass is 246 g/mol. The zero-order chi connectivity index (χ0) is 12.7. The van der Waals surface area contributed by atoms with Crippen LogP contribution in [-0.4, -0.2) is 76.2 Å². The zero-order valence-electron chi connectivity index (χ0n) is 11.2. The molecule has 0 radical (unpaired) electrons. The molecule has 0 amide bonds. The predicted molar refractivity (Wildman–Crippen MR) is 67.5 cm³/mol. The molecule has 3 N–H and O–H groups in total. The minimum absolute atomic E-state index is 0.191. The van der Waals surface area contributed by atoms with Crippen LogP contribution in [0.2, 0.25) is 0 Å². The molecule has 0 aromatic heterocycles.